The van der Waals surface area contributed by atoms with E-state index in [-0.39, 0.29) is 48.9 Å². The first-order valence-electron chi connectivity index (χ1n) is 6.09. The second kappa shape index (κ2) is 7.72. The van der Waals surface area contributed by atoms with Gasteiger partial charge < -0.3 is 23.4 Å². The molecule has 7 heteroatoms. The fraction of sp³-hybridized carbons (Fsp3) is 0.833. The molecule has 19 heavy (non-hydrogen) atoms. The number of hydrogen-bond donors (Lipinski definition) is 0. The van der Waals surface area contributed by atoms with E-state index in [2.05, 4.69) is 18.7 Å². The van der Waals surface area contributed by atoms with Gasteiger partial charge in [0.1, 0.15) is 6.61 Å². The minimum Gasteiger partial charge on any atom is -0.541 e. The second-order valence-electron chi connectivity index (χ2n) is 4.82. The summed E-state index contributed by atoms with van der Waals surface area (Å²) in [6, 6.07) is 0. The van der Waals surface area contributed by atoms with Crippen LogP contribution in [-0.2, 0) is 18.5 Å². The van der Waals surface area contributed by atoms with Gasteiger partial charge in [0, 0.05) is 37.8 Å². The molecule has 2 rings (SSSR count). The Morgan fingerprint density at radius 2 is 2.32 bits per heavy atom. The summed E-state index contributed by atoms with van der Waals surface area (Å²) in [5.41, 5.74) is -0.371. The number of hydrogen-bond acceptors (Lipinski definition) is 4. The van der Waals surface area contributed by atoms with Gasteiger partial charge >= 0.3 is 0 Å². The molecular formula is C12H19NO4PU-. The Bertz CT molecular complexity index is 328. The third kappa shape index (κ3) is 3.72. The van der Waals surface area contributed by atoms with Crippen LogP contribution in [0, 0.1) is 50.2 Å². The zero-order valence-electron chi connectivity index (χ0n) is 11.5. The van der Waals surface area contributed by atoms with Crippen molar-refractivity contribution in [2.24, 2.45) is 5.92 Å². The summed E-state index contributed by atoms with van der Waals surface area (Å²) >= 11 is 0. The van der Waals surface area contributed by atoms with Crippen LogP contribution in [0.25, 0.3) is 4.85 Å². The Morgan fingerprint density at radius 3 is 2.84 bits per heavy atom. The molecular weight excluding hydrogens is 491 g/mol. The molecule has 0 spiro atoms. The van der Waals surface area contributed by atoms with E-state index in [9.17, 15) is 0 Å². The largest absolute Gasteiger partial charge is 0.541 e. The maximum Gasteiger partial charge on any atom is 0.238 e. The third-order valence-electron chi connectivity index (χ3n) is 3.42. The topological polar surface area (TPSA) is 41.3 Å². The van der Waals surface area contributed by atoms with Crippen molar-refractivity contribution in [1.82, 2.24) is 0 Å². The quantitative estimate of drug-likeness (QED) is 0.313. The van der Waals surface area contributed by atoms with Crippen molar-refractivity contribution < 1.29 is 49.6 Å². The molecule has 0 aromatic rings. The average Bonchev–Trinajstić information content (AvgIpc) is 2.86. The monoisotopic (exact) mass is 510 g/mol. The average molecular weight is 510 g/mol. The van der Waals surface area contributed by atoms with Gasteiger partial charge in [0.05, 0.1) is 18.3 Å². The normalized spacial score (nSPS) is 34.1. The molecule has 4 atom stereocenters. The summed E-state index contributed by atoms with van der Waals surface area (Å²) in [5.74, 6) is 0.317. The molecule has 0 aliphatic carbocycles. The van der Waals surface area contributed by atoms with Crippen molar-refractivity contribution in [1.29, 1.82) is 0 Å². The van der Waals surface area contributed by atoms with Gasteiger partial charge in [-0.05, 0) is 12.0 Å². The molecule has 2 saturated heterocycles. The Hall–Kier alpha value is 0.812. The van der Waals surface area contributed by atoms with E-state index >= 15 is 0 Å². The predicted molar refractivity (Wildman–Crippen MR) is 67.8 cm³/mol. The molecule has 0 N–H and O–H groups in total. The summed E-state index contributed by atoms with van der Waals surface area (Å²) in [4.78, 5) is 3.25. The summed E-state index contributed by atoms with van der Waals surface area (Å²) in [5, 5.41) is 0. The molecule has 1 unspecified atom stereocenters. The van der Waals surface area contributed by atoms with Gasteiger partial charge in [0.2, 0.25) is 6.54 Å². The summed E-state index contributed by atoms with van der Waals surface area (Å²) in [6.07, 6.45) is -0.191. The van der Waals surface area contributed by atoms with Crippen LogP contribution in [0.2, 0.25) is 0 Å². The molecule has 2 fully saturated rings. The Labute approximate surface area is 139 Å². The molecule has 106 valence electrons. The molecule has 2 aliphatic rings. The van der Waals surface area contributed by atoms with Crippen molar-refractivity contribution in [3.05, 3.63) is 18.0 Å². The van der Waals surface area contributed by atoms with Crippen LogP contribution in [0.1, 0.15) is 13.8 Å². The SMILES string of the molecule is [C-]#[N+]CCOP(C)O[C@H]1[C@@H]2[CH-]O[C@@]1(C(C)C)CO2.[U]. The van der Waals surface area contributed by atoms with Gasteiger partial charge in [0.15, 0.2) is 8.38 Å². The van der Waals surface area contributed by atoms with E-state index in [1.165, 1.54) is 0 Å². The fourth-order valence-electron chi connectivity index (χ4n) is 2.27. The predicted octanol–water partition coefficient (Wildman–Crippen LogP) is 2.23. The summed E-state index contributed by atoms with van der Waals surface area (Å²) in [6.45, 7) is 15.9. The van der Waals surface area contributed by atoms with Crippen LogP contribution < -0.4 is 0 Å². The molecule has 5 nitrogen and oxygen atoms in total. The summed E-state index contributed by atoms with van der Waals surface area (Å²) in [7, 11) is -0.996. The van der Waals surface area contributed by atoms with Crippen LogP contribution in [-0.4, -0.2) is 44.2 Å². The molecule has 0 amide bonds. The van der Waals surface area contributed by atoms with Crippen LogP contribution in [0.3, 0.4) is 0 Å². The van der Waals surface area contributed by atoms with Crippen LogP contribution in [0.4, 0.5) is 0 Å². The van der Waals surface area contributed by atoms with Gasteiger partial charge in [0.25, 0.3) is 0 Å². The molecule has 2 aliphatic heterocycles. The molecule has 0 aromatic heterocycles. The molecule has 2 bridgehead atoms. The zero-order chi connectivity index (χ0) is 13.2. The molecule has 2 heterocycles. The van der Waals surface area contributed by atoms with Gasteiger partial charge in [-0.1, -0.05) is 13.8 Å². The smallest absolute Gasteiger partial charge is 0.238 e. The van der Waals surface area contributed by atoms with Gasteiger partial charge in [-0.15, -0.1) is 0 Å². The number of ether oxygens (including phenoxy) is 2. The Balaban J connectivity index is 0.00000180. The fourth-order valence-corrected chi connectivity index (χ4v) is 3.28. The van der Waals surface area contributed by atoms with E-state index in [0.717, 1.165) is 0 Å². The van der Waals surface area contributed by atoms with Gasteiger partial charge in [-0.3, -0.25) is 0 Å². The maximum absolute atomic E-state index is 6.70. The molecule has 0 saturated carbocycles. The first-order chi connectivity index (χ1) is 8.60. The van der Waals surface area contributed by atoms with E-state index in [0.29, 0.717) is 25.7 Å². The van der Waals surface area contributed by atoms with Crippen LogP contribution >= 0.6 is 8.38 Å². The van der Waals surface area contributed by atoms with E-state index in [4.69, 9.17) is 25.1 Å². The van der Waals surface area contributed by atoms with E-state index < -0.39 is 8.38 Å². The molecule has 0 radical (unpaired) electrons. The Kier molecular flexibility index (Phi) is 7.25. The van der Waals surface area contributed by atoms with E-state index in [1.807, 2.05) is 6.66 Å². The molecule has 0 aromatic carbocycles. The first kappa shape index (κ1) is 17.9. The van der Waals surface area contributed by atoms with Gasteiger partial charge in [-0.25, -0.2) is 6.57 Å². The minimum atomic E-state index is -0.996. The number of nitrogens with zero attached hydrogens (tertiary/aromatic N) is 1. The first-order valence-corrected chi connectivity index (χ1v) is 7.72. The van der Waals surface area contributed by atoms with Crippen molar-refractivity contribution >= 4 is 8.38 Å². The second-order valence-corrected chi connectivity index (χ2v) is 6.17. The van der Waals surface area contributed by atoms with Crippen LogP contribution in [0.15, 0.2) is 0 Å². The maximum atomic E-state index is 6.70. The third-order valence-corrected chi connectivity index (χ3v) is 4.49. The number of fused-ring (bicyclic) bond motifs is 2. The van der Waals surface area contributed by atoms with Crippen molar-refractivity contribution in [2.45, 2.75) is 31.7 Å². The Morgan fingerprint density at radius 1 is 1.58 bits per heavy atom. The van der Waals surface area contributed by atoms with Crippen molar-refractivity contribution in [2.75, 3.05) is 26.4 Å². The zero-order valence-corrected chi connectivity index (χ0v) is 16.5. The standard InChI is InChI=1S/C12H19NO4P.U/c1-9(2)12-8-14-10(7-15-12)11(12)17-18(4)16-6-5-13-3;/h7,9-11H,5-6,8H2,1-2,4H3;/q-1;/t10-,11-,12+,18?;/m0./s1. The number of rotatable bonds is 6. The van der Waals surface area contributed by atoms with E-state index in [1.54, 1.807) is 6.61 Å². The van der Waals surface area contributed by atoms with Crippen LogP contribution in [0.5, 0.6) is 0 Å². The van der Waals surface area contributed by atoms with Crippen molar-refractivity contribution in [3.63, 3.8) is 0 Å². The minimum absolute atomic E-state index is 0. The van der Waals surface area contributed by atoms with Gasteiger partial charge in [-0.2, -0.15) is 6.61 Å². The van der Waals surface area contributed by atoms with Crippen molar-refractivity contribution in [3.8, 4) is 0 Å². The summed E-state index contributed by atoms with van der Waals surface area (Å²) < 4.78 is 22.9.